The Morgan fingerprint density at radius 1 is 1.14 bits per heavy atom. The highest BCUT2D eigenvalue weighted by atomic mass is 32.1. The Morgan fingerprint density at radius 3 is 2.63 bits per heavy atom. The lowest BCUT2D eigenvalue weighted by Crippen LogP contribution is -2.56. The second-order valence-corrected chi connectivity index (χ2v) is 9.64. The fourth-order valence-electron chi connectivity index (χ4n) is 3.80. The zero-order valence-electron chi connectivity index (χ0n) is 19.9. The van der Waals surface area contributed by atoms with Crippen molar-refractivity contribution in [3.63, 3.8) is 0 Å². The smallest absolute Gasteiger partial charge is 0.415 e. The predicted molar refractivity (Wildman–Crippen MR) is 134 cm³/mol. The maximum atomic E-state index is 13.7. The van der Waals surface area contributed by atoms with Crippen molar-refractivity contribution in [3.8, 4) is 0 Å². The van der Waals surface area contributed by atoms with Crippen molar-refractivity contribution in [1.29, 1.82) is 0 Å². The molecule has 0 spiro atoms. The van der Waals surface area contributed by atoms with Crippen molar-refractivity contribution in [1.82, 2.24) is 20.6 Å². The molecule has 4 rings (SSSR count). The summed E-state index contributed by atoms with van der Waals surface area (Å²) in [6.45, 7) is 5.40. The third kappa shape index (κ3) is 5.25. The summed E-state index contributed by atoms with van der Waals surface area (Å²) in [6, 6.07) is 9.85. The second-order valence-electron chi connectivity index (χ2n) is 8.61. The Balaban J connectivity index is 1.54. The Kier molecular flexibility index (Phi) is 7.27. The molecule has 1 aliphatic rings. The molecule has 35 heavy (non-hydrogen) atoms. The van der Waals surface area contributed by atoms with E-state index in [1.165, 1.54) is 16.2 Å². The summed E-state index contributed by atoms with van der Waals surface area (Å²) in [5.41, 5.74) is 1.55. The van der Waals surface area contributed by atoms with E-state index >= 15 is 0 Å². The molecule has 3 amide bonds. The van der Waals surface area contributed by atoms with Crippen molar-refractivity contribution in [2.45, 2.75) is 45.5 Å². The number of para-hydroxylation sites is 1. The second kappa shape index (κ2) is 10.4. The summed E-state index contributed by atoms with van der Waals surface area (Å²) in [7, 11) is 1.67. The van der Waals surface area contributed by atoms with Gasteiger partial charge in [-0.25, -0.2) is 14.8 Å². The van der Waals surface area contributed by atoms with Crippen molar-refractivity contribution in [2.75, 3.05) is 17.3 Å². The van der Waals surface area contributed by atoms with Gasteiger partial charge in [-0.05, 0) is 38.1 Å². The molecular weight excluding hydrogens is 468 g/mol. The number of thiazole rings is 1. The summed E-state index contributed by atoms with van der Waals surface area (Å²) in [5, 5.41) is 8.75. The molecule has 10 nitrogen and oxygen atoms in total. The van der Waals surface area contributed by atoms with Crippen LogP contribution in [-0.2, 0) is 20.7 Å². The molecule has 3 aromatic rings. The van der Waals surface area contributed by atoms with Gasteiger partial charge in [-0.15, -0.1) is 0 Å². The van der Waals surface area contributed by atoms with Crippen LogP contribution in [0.2, 0.25) is 0 Å². The van der Waals surface area contributed by atoms with Gasteiger partial charge in [0, 0.05) is 18.2 Å². The van der Waals surface area contributed by atoms with Crippen LogP contribution in [-0.4, -0.2) is 53.2 Å². The van der Waals surface area contributed by atoms with Crippen LogP contribution in [0.15, 0.2) is 42.6 Å². The van der Waals surface area contributed by atoms with E-state index < -0.39 is 30.3 Å². The first-order valence-corrected chi connectivity index (χ1v) is 12.2. The number of amides is 3. The SMILES string of the molecule is CN[C@@H](C)C(=O)N[C@H](C(=O)N1c2ncccc2C[C@@H]1OC(=O)Nc1nc2ccccc2s1)C(C)C. The third-order valence-electron chi connectivity index (χ3n) is 5.82. The largest absolute Gasteiger partial charge is 0.424 e. The lowest BCUT2D eigenvalue weighted by atomic mass is 10.0. The number of rotatable bonds is 7. The number of carbonyl (C=O) groups is 3. The van der Waals surface area contributed by atoms with Gasteiger partial charge in [0.2, 0.25) is 5.91 Å². The van der Waals surface area contributed by atoms with E-state index in [9.17, 15) is 14.4 Å². The van der Waals surface area contributed by atoms with E-state index in [-0.39, 0.29) is 18.2 Å². The number of hydrogen-bond acceptors (Lipinski definition) is 8. The monoisotopic (exact) mass is 496 g/mol. The van der Waals surface area contributed by atoms with Crippen LogP contribution in [0.1, 0.15) is 26.3 Å². The Bertz CT molecular complexity index is 1210. The average molecular weight is 497 g/mol. The molecule has 2 aromatic heterocycles. The van der Waals surface area contributed by atoms with Crippen LogP contribution in [0.4, 0.5) is 15.7 Å². The number of aromatic nitrogens is 2. The lowest BCUT2D eigenvalue weighted by molar-refractivity contribution is -0.130. The molecular formula is C24H28N6O4S. The van der Waals surface area contributed by atoms with Gasteiger partial charge < -0.3 is 15.4 Å². The van der Waals surface area contributed by atoms with Crippen molar-refractivity contribution >= 4 is 50.4 Å². The quantitative estimate of drug-likeness (QED) is 0.459. The molecule has 0 fully saturated rings. The van der Waals surface area contributed by atoms with Gasteiger partial charge in [-0.1, -0.05) is 43.4 Å². The number of nitrogens with one attached hydrogen (secondary N) is 3. The number of anilines is 2. The molecule has 0 unspecified atom stereocenters. The molecule has 184 valence electrons. The summed E-state index contributed by atoms with van der Waals surface area (Å²) >= 11 is 1.33. The number of nitrogens with zero attached hydrogens (tertiary/aromatic N) is 3. The summed E-state index contributed by atoms with van der Waals surface area (Å²) < 4.78 is 6.62. The molecule has 0 aliphatic carbocycles. The predicted octanol–water partition coefficient (Wildman–Crippen LogP) is 2.90. The van der Waals surface area contributed by atoms with Crippen LogP contribution >= 0.6 is 11.3 Å². The van der Waals surface area contributed by atoms with Gasteiger partial charge in [0.1, 0.15) is 11.9 Å². The van der Waals surface area contributed by atoms with Crippen molar-refractivity contribution < 1.29 is 19.1 Å². The number of carbonyl (C=O) groups excluding carboxylic acids is 3. The maximum absolute atomic E-state index is 13.7. The number of fused-ring (bicyclic) bond motifs is 2. The van der Waals surface area contributed by atoms with Crippen LogP contribution in [0.5, 0.6) is 0 Å². The number of pyridine rings is 1. The number of benzene rings is 1. The first-order valence-electron chi connectivity index (χ1n) is 11.4. The van der Waals surface area contributed by atoms with Crippen LogP contribution in [0, 0.1) is 5.92 Å². The highest BCUT2D eigenvalue weighted by molar-refractivity contribution is 7.22. The number of ether oxygens (including phenoxy) is 1. The Labute approximate surface area is 207 Å². The van der Waals surface area contributed by atoms with Gasteiger partial charge in [-0.3, -0.25) is 19.8 Å². The topological polar surface area (TPSA) is 126 Å². The number of likely N-dealkylation sites (N-methyl/N-ethyl adjacent to an activating group) is 1. The minimum absolute atomic E-state index is 0.208. The third-order valence-corrected chi connectivity index (χ3v) is 6.77. The first-order chi connectivity index (χ1) is 16.8. The number of hydrogen-bond donors (Lipinski definition) is 3. The Hall–Kier alpha value is -3.57. The molecule has 0 radical (unpaired) electrons. The zero-order valence-corrected chi connectivity index (χ0v) is 20.8. The van der Waals surface area contributed by atoms with E-state index in [0.717, 1.165) is 15.8 Å². The van der Waals surface area contributed by atoms with Crippen molar-refractivity contribution in [3.05, 3.63) is 48.2 Å². The first kappa shape index (κ1) is 24.6. The van der Waals surface area contributed by atoms with E-state index in [2.05, 4.69) is 25.9 Å². The molecule has 3 heterocycles. The normalized spacial score (nSPS) is 16.6. The van der Waals surface area contributed by atoms with Crippen LogP contribution in [0.25, 0.3) is 10.2 Å². The van der Waals surface area contributed by atoms with Gasteiger partial charge in [0.25, 0.3) is 5.91 Å². The summed E-state index contributed by atoms with van der Waals surface area (Å²) in [6.07, 6.45) is 0.220. The highest BCUT2D eigenvalue weighted by Crippen LogP contribution is 2.32. The van der Waals surface area contributed by atoms with Gasteiger partial charge in [0.05, 0.1) is 16.3 Å². The molecule has 0 bridgehead atoms. The van der Waals surface area contributed by atoms with Crippen LogP contribution < -0.4 is 20.9 Å². The fraction of sp³-hybridized carbons (Fsp3) is 0.375. The lowest BCUT2D eigenvalue weighted by Gasteiger charge is -2.31. The van der Waals surface area contributed by atoms with E-state index in [0.29, 0.717) is 10.9 Å². The average Bonchev–Trinajstić information content (AvgIpc) is 3.41. The molecule has 0 saturated carbocycles. The van der Waals surface area contributed by atoms with E-state index in [4.69, 9.17) is 4.74 Å². The van der Waals surface area contributed by atoms with E-state index in [1.54, 1.807) is 26.2 Å². The maximum Gasteiger partial charge on any atom is 0.415 e. The molecule has 0 saturated heterocycles. The van der Waals surface area contributed by atoms with Gasteiger partial charge in [0.15, 0.2) is 11.4 Å². The van der Waals surface area contributed by atoms with Crippen molar-refractivity contribution in [2.24, 2.45) is 5.92 Å². The molecule has 3 N–H and O–H groups in total. The summed E-state index contributed by atoms with van der Waals surface area (Å²) in [4.78, 5) is 49.1. The highest BCUT2D eigenvalue weighted by Gasteiger charge is 2.42. The Morgan fingerprint density at radius 2 is 1.91 bits per heavy atom. The molecule has 1 aliphatic heterocycles. The molecule has 3 atom stereocenters. The zero-order chi connectivity index (χ0) is 25.1. The van der Waals surface area contributed by atoms with E-state index in [1.807, 2.05) is 44.2 Å². The van der Waals surface area contributed by atoms with Gasteiger partial charge in [-0.2, -0.15) is 0 Å². The van der Waals surface area contributed by atoms with Crippen LogP contribution in [0.3, 0.4) is 0 Å². The van der Waals surface area contributed by atoms with Gasteiger partial charge >= 0.3 is 6.09 Å². The summed E-state index contributed by atoms with van der Waals surface area (Å²) in [5.74, 6) is -0.490. The standard InChI is InChI=1S/C24H28N6O4S/c1-13(2)19(28-21(31)14(3)25-4)22(32)30-18(12-15-8-7-11-26-20(15)30)34-24(33)29-23-27-16-9-5-6-10-17(16)35-23/h5-11,13-14,18-19,25H,12H2,1-4H3,(H,28,31)(H,27,29,33)/t14-,18-,19-/m0/s1. The molecule has 11 heteroatoms. The minimum Gasteiger partial charge on any atom is -0.424 e. The molecule has 1 aromatic carbocycles. The fourth-order valence-corrected chi connectivity index (χ4v) is 4.65. The minimum atomic E-state index is -0.915.